The molecule has 210 valence electrons. The van der Waals surface area contributed by atoms with Crippen molar-refractivity contribution in [3.8, 4) is 5.75 Å². The molecule has 39 heavy (non-hydrogen) atoms. The number of primary amides is 1. The highest BCUT2D eigenvalue weighted by atomic mass is 19.4. The molecule has 1 fully saturated rings. The fourth-order valence-corrected chi connectivity index (χ4v) is 6.42. The van der Waals surface area contributed by atoms with Crippen LogP contribution in [0.4, 0.5) is 13.2 Å². The number of alkyl halides is 3. The molecule has 5 rings (SSSR count). The number of aliphatic hydroxyl groups is 3. The third-order valence-electron chi connectivity index (χ3n) is 8.25. The molecule has 4 atom stereocenters. The number of carbonyl (C=O) groups is 3. The van der Waals surface area contributed by atoms with Crippen molar-refractivity contribution in [1.29, 1.82) is 0 Å². The van der Waals surface area contributed by atoms with Gasteiger partial charge in [-0.3, -0.25) is 19.3 Å². The van der Waals surface area contributed by atoms with Crippen molar-refractivity contribution in [2.45, 2.75) is 56.1 Å². The van der Waals surface area contributed by atoms with Gasteiger partial charge in [-0.15, -0.1) is 0 Å². The molecular formula is C26H28F3N3O7. The number of phenolic OH excluding ortho intramolecular Hbond substituents is 1. The van der Waals surface area contributed by atoms with E-state index in [0.29, 0.717) is 0 Å². The number of rotatable bonds is 5. The minimum absolute atomic E-state index is 0.0752. The Hall–Kier alpha value is -3.42. The normalized spacial score (nSPS) is 28.9. The summed E-state index contributed by atoms with van der Waals surface area (Å²) in [6, 6.07) is -0.293. The van der Waals surface area contributed by atoms with Gasteiger partial charge in [0.25, 0.3) is 5.91 Å². The number of Topliss-reactive ketones (excluding diaryl/α,β-unsaturated/α-hetero) is 2. The first-order chi connectivity index (χ1) is 18.1. The molecule has 1 aromatic rings. The van der Waals surface area contributed by atoms with E-state index in [9.17, 15) is 48.0 Å². The van der Waals surface area contributed by atoms with Crippen LogP contribution in [0.2, 0.25) is 0 Å². The van der Waals surface area contributed by atoms with Gasteiger partial charge < -0.3 is 31.5 Å². The summed E-state index contributed by atoms with van der Waals surface area (Å²) in [4.78, 5) is 40.3. The van der Waals surface area contributed by atoms with Gasteiger partial charge in [0, 0.05) is 24.1 Å². The second-order valence-electron chi connectivity index (χ2n) is 10.9. The van der Waals surface area contributed by atoms with Crippen molar-refractivity contribution in [3.05, 3.63) is 51.0 Å². The molecule has 4 aliphatic rings. The molecule has 0 bridgehead atoms. The maximum Gasteiger partial charge on any atom is 0.417 e. The molecule has 7 N–H and O–H groups in total. The molecule has 4 aliphatic carbocycles. The molecule has 0 unspecified atom stereocenters. The summed E-state index contributed by atoms with van der Waals surface area (Å²) in [5, 5.41) is 47.3. The zero-order chi connectivity index (χ0) is 28.8. The lowest BCUT2D eigenvalue weighted by Gasteiger charge is -2.50. The third-order valence-corrected chi connectivity index (χ3v) is 8.25. The maximum atomic E-state index is 14.4. The van der Waals surface area contributed by atoms with Crippen LogP contribution in [0.3, 0.4) is 0 Å². The molecule has 0 radical (unpaired) electrons. The molecule has 0 spiro atoms. The van der Waals surface area contributed by atoms with Gasteiger partial charge >= 0.3 is 6.18 Å². The van der Waals surface area contributed by atoms with Crippen molar-refractivity contribution in [2.24, 2.45) is 17.6 Å². The predicted molar refractivity (Wildman–Crippen MR) is 129 cm³/mol. The Morgan fingerprint density at radius 1 is 1.21 bits per heavy atom. The number of carbonyl (C=O) groups excluding carboxylic acids is 3. The van der Waals surface area contributed by atoms with Gasteiger partial charge in [-0.1, -0.05) is 0 Å². The van der Waals surface area contributed by atoms with E-state index < -0.39 is 98.7 Å². The standard InChI is InChI=1S/C26H28F3N3O7/c1-32(2)19-13-6-9-5-12-16(14(33)7-10(8-31-11-3-4-11)18(12)26(27,28)29)20(34)15(9)22(36)25(13,39)23(37)17(21(19)35)24(30)38/h7,9,11,13,19,31,33,35-36,39H,3-6,8H2,1-2H3,(H2,30,38)/t9-,13-,19-,25-/m0/s1. The van der Waals surface area contributed by atoms with E-state index >= 15 is 0 Å². The molecule has 0 aliphatic heterocycles. The van der Waals surface area contributed by atoms with Crippen LogP contribution < -0.4 is 11.1 Å². The van der Waals surface area contributed by atoms with Crippen LogP contribution in [0.25, 0.3) is 0 Å². The smallest absolute Gasteiger partial charge is 0.417 e. The lowest BCUT2D eigenvalue weighted by Crippen LogP contribution is -2.63. The van der Waals surface area contributed by atoms with Crippen molar-refractivity contribution in [2.75, 3.05) is 14.1 Å². The highest BCUT2D eigenvalue weighted by Gasteiger charge is 2.63. The molecule has 1 saturated carbocycles. The molecule has 0 aromatic heterocycles. The van der Waals surface area contributed by atoms with E-state index in [0.717, 1.165) is 18.9 Å². The topological polar surface area (TPSA) is 173 Å². The number of allylic oxidation sites excluding steroid dienone is 1. The Labute approximate surface area is 220 Å². The first-order valence-electron chi connectivity index (χ1n) is 12.4. The number of likely N-dealkylation sites (N-methyl/N-ethyl adjacent to an activating group) is 1. The van der Waals surface area contributed by atoms with Gasteiger partial charge in [-0.2, -0.15) is 13.2 Å². The summed E-state index contributed by atoms with van der Waals surface area (Å²) in [5.41, 5.74) is -1.44. The van der Waals surface area contributed by atoms with Crippen molar-refractivity contribution < 1.29 is 48.0 Å². The van der Waals surface area contributed by atoms with Crippen LogP contribution >= 0.6 is 0 Å². The van der Waals surface area contributed by atoms with Crippen LogP contribution in [0, 0.1) is 11.8 Å². The first-order valence-corrected chi connectivity index (χ1v) is 12.4. The molecule has 1 amide bonds. The fourth-order valence-electron chi connectivity index (χ4n) is 6.42. The highest BCUT2D eigenvalue weighted by molar-refractivity contribution is 6.24. The average molecular weight is 552 g/mol. The van der Waals surface area contributed by atoms with Crippen molar-refractivity contribution in [3.63, 3.8) is 0 Å². The van der Waals surface area contributed by atoms with E-state index in [1.807, 2.05) is 0 Å². The van der Waals surface area contributed by atoms with Gasteiger partial charge in [0.05, 0.1) is 17.2 Å². The summed E-state index contributed by atoms with van der Waals surface area (Å²) < 4.78 is 43.2. The zero-order valence-electron chi connectivity index (χ0n) is 21.1. The average Bonchev–Trinajstić information content (AvgIpc) is 3.63. The second kappa shape index (κ2) is 8.80. The Morgan fingerprint density at radius 3 is 2.38 bits per heavy atom. The van der Waals surface area contributed by atoms with E-state index in [4.69, 9.17) is 5.73 Å². The summed E-state index contributed by atoms with van der Waals surface area (Å²) >= 11 is 0. The Kier molecular flexibility index (Phi) is 6.13. The molecule has 10 nitrogen and oxygen atoms in total. The number of benzene rings is 1. The number of ketones is 2. The Bertz CT molecular complexity index is 1380. The monoisotopic (exact) mass is 551 g/mol. The number of aliphatic hydroxyl groups excluding tert-OH is 2. The van der Waals surface area contributed by atoms with E-state index in [-0.39, 0.29) is 24.6 Å². The van der Waals surface area contributed by atoms with E-state index in [2.05, 4.69) is 5.32 Å². The van der Waals surface area contributed by atoms with Gasteiger partial charge in [0.2, 0.25) is 5.78 Å². The number of amides is 1. The summed E-state index contributed by atoms with van der Waals surface area (Å²) in [5.74, 6) is -8.98. The lowest BCUT2D eigenvalue weighted by atomic mass is 9.58. The van der Waals surface area contributed by atoms with Crippen molar-refractivity contribution >= 4 is 17.5 Å². The Morgan fingerprint density at radius 2 is 1.85 bits per heavy atom. The van der Waals surface area contributed by atoms with Gasteiger partial charge in [0.15, 0.2) is 11.4 Å². The predicted octanol–water partition coefficient (Wildman–Crippen LogP) is 1.39. The van der Waals surface area contributed by atoms with Gasteiger partial charge in [-0.25, -0.2) is 0 Å². The Balaban J connectivity index is 1.70. The number of nitrogens with two attached hydrogens (primary N) is 1. The minimum atomic E-state index is -4.87. The molecule has 1 aromatic carbocycles. The number of hydrogen-bond acceptors (Lipinski definition) is 9. The third kappa shape index (κ3) is 3.94. The van der Waals surface area contributed by atoms with E-state index in [1.165, 1.54) is 19.0 Å². The van der Waals surface area contributed by atoms with Crippen molar-refractivity contribution in [1.82, 2.24) is 10.2 Å². The number of fused-ring (bicyclic) bond motifs is 3. The quantitative estimate of drug-likeness (QED) is 0.296. The zero-order valence-corrected chi connectivity index (χ0v) is 21.1. The summed E-state index contributed by atoms with van der Waals surface area (Å²) in [6.45, 7) is -0.179. The number of nitrogens with zero attached hydrogens (tertiary/aromatic N) is 1. The molecule has 0 saturated heterocycles. The van der Waals surface area contributed by atoms with Crippen LogP contribution in [0.15, 0.2) is 28.7 Å². The minimum Gasteiger partial charge on any atom is -0.510 e. The second-order valence-corrected chi connectivity index (χ2v) is 10.9. The molecule has 0 heterocycles. The summed E-state index contributed by atoms with van der Waals surface area (Å²) in [7, 11) is 2.93. The van der Waals surface area contributed by atoms with Gasteiger partial charge in [-0.05, 0) is 62.9 Å². The number of nitrogens with one attached hydrogen (secondary N) is 1. The number of phenols is 1. The summed E-state index contributed by atoms with van der Waals surface area (Å²) in [6.07, 6.45) is -3.97. The van der Waals surface area contributed by atoms with E-state index in [1.54, 1.807) is 0 Å². The van der Waals surface area contributed by atoms with Crippen LogP contribution in [0.5, 0.6) is 5.75 Å². The highest BCUT2D eigenvalue weighted by Crippen LogP contribution is 2.53. The number of hydrogen-bond donors (Lipinski definition) is 6. The largest absolute Gasteiger partial charge is 0.510 e. The van der Waals surface area contributed by atoms with Crippen LogP contribution in [-0.4, -0.2) is 74.6 Å². The maximum absolute atomic E-state index is 14.4. The first kappa shape index (κ1) is 27.2. The SMILES string of the molecule is CN(C)[C@@H]1C(O)=C(C(N)=O)C(=O)[C@@]2(O)C(O)=C3C(=O)c4c(O)cc(CNC5CC5)c(C(F)(F)F)c4C[C@H]3C[C@@H]12. The molecular weight excluding hydrogens is 523 g/mol. The fraction of sp³-hybridized carbons (Fsp3) is 0.500. The molecule has 13 heteroatoms. The number of aromatic hydroxyl groups is 1. The van der Waals surface area contributed by atoms with Crippen LogP contribution in [0.1, 0.15) is 46.3 Å². The lowest BCUT2D eigenvalue weighted by molar-refractivity contribution is -0.148. The number of halogens is 3. The van der Waals surface area contributed by atoms with Crippen LogP contribution in [-0.2, 0) is 28.7 Å². The van der Waals surface area contributed by atoms with Gasteiger partial charge in [0.1, 0.15) is 22.8 Å².